The highest BCUT2D eigenvalue weighted by Gasteiger charge is 2.39. The van der Waals surface area contributed by atoms with Crippen molar-refractivity contribution in [3.05, 3.63) is 24.3 Å². The Balaban J connectivity index is 2.21. The highest BCUT2D eigenvalue weighted by molar-refractivity contribution is 7.89. The largest absolute Gasteiger partial charge is 0.460 e. The molecule has 1 aliphatic heterocycles. The van der Waals surface area contributed by atoms with Gasteiger partial charge in [-0.15, -0.1) is 0 Å². The Morgan fingerprint density at radius 2 is 1.83 bits per heavy atom. The first-order valence-electron chi connectivity index (χ1n) is 7.87. The van der Waals surface area contributed by atoms with Gasteiger partial charge in [-0.05, 0) is 38.1 Å². The molecule has 132 valence electrons. The quantitative estimate of drug-likeness (QED) is 0.718. The number of nitrogens with zero attached hydrogens (tertiary/aromatic N) is 2. The molecule has 1 atom stereocenters. The standard InChI is InChI=1S/C16H22N2O5S/c1-4-17(5-2)13-6-8-15(9-7-13)24(21,22)18-11-14(10-16(18)20)23-12(3)19/h6-9,14H,4-5,10-11H2,1-3H3. The van der Waals surface area contributed by atoms with E-state index < -0.39 is 28.0 Å². The zero-order chi connectivity index (χ0) is 17.9. The molecule has 1 aromatic carbocycles. The topological polar surface area (TPSA) is 84.0 Å². The van der Waals surface area contributed by atoms with E-state index in [9.17, 15) is 18.0 Å². The van der Waals surface area contributed by atoms with Gasteiger partial charge in [0.05, 0.1) is 17.9 Å². The zero-order valence-electron chi connectivity index (χ0n) is 14.1. The van der Waals surface area contributed by atoms with Crippen LogP contribution in [0.1, 0.15) is 27.2 Å². The number of carbonyl (C=O) groups excluding carboxylic acids is 2. The first kappa shape index (κ1) is 18.3. The van der Waals surface area contributed by atoms with Crippen LogP contribution >= 0.6 is 0 Å². The fourth-order valence-electron chi connectivity index (χ4n) is 2.74. The first-order valence-corrected chi connectivity index (χ1v) is 9.31. The smallest absolute Gasteiger partial charge is 0.302 e. The van der Waals surface area contributed by atoms with Crippen LogP contribution in [0.3, 0.4) is 0 Å². The number of hydrogen-bond donors (Lipinski definition) is 0. The van der Waals surface area contributed by atoms with Crippen LogP contribution in [0.15, 0.2) is 29.2 Å². The number of hydrogen-bond acceptors (Lipinski definition) is 6. The lowest BCUT2D eigenvalue weighted by molar-refractivity contribution is -0.145. The third-order valence-electron chi connectivity index (χ3n) is 3.94. The van der Waals surface area contributed by atoms with Crippen LogP contribution in [0.2, 0.25) is 0 Å². The summed E-state index contributed by atoms with van der Waals surface area (Å²) in [5.41, 5.74) is 0.921. The summed E-state index contributed by atoms with van der Waals surface area (Å²) in [6.45, 7) is 6.76. The van der Waals surface area contributed by atoms with Crippen molar-refractivity contribution in [3.63, 3.8) is 0 Å². The molecule has 0 aliphatic carbocycles. The van der Waals surface area contributed by atoms with Crippen molar-refractivity contribution < 1.29 is 22.7 Å². The molecule has 0 spiro atoms. The van der Waals surface area contributed by atoms with Crippen molar-refractivity contribution in [2.45, 2.75) is 38.2 Å². The van der Waals surface area contributed by atoms with E-state index in [1.54, 1.807) is 12.1 Å². The molecule has 1 fully saturated rings. The Hall–Kier alpha value is -2.09. The van der Waals surface area contributed by atoms with E-state index in [0.29, 0.717) is 0 Å². The summed E-state index contributed by atoms with van der Waals surface area (Å²) in [5, 5.41) is 0. The fraction of sp³-hybridized carbons (Fsp3) is 0.500. The van der Waals surface area contributed by atoms with Gasteiger partial charge in [0, 0.05) is 25.7 Å². The first-order chi connectivity index (χ1) is 11.3. The van der Waals surface area contributed by atoms with Gasteiger partial charge >= 0.3 is 5.97 Å². The monoisotopic (exact) mass is 354 g/mol. The minimum Gasteiger partial charge on any atom is -0.460 e. The molecular formula is C16H22N2O5S. The third-order valence-corrected chi connectivity index (χ3v) is 5.74. The van der Waals surface area contributed by atoms with Crippen LogP contribution in [-0.2, 0) is 24.3 Å². The second-order valence-corrected chi connectivity index (χ2v) is 7.39. The minimum absolute atomic E-state index is 0.0511. The van der Waals surface area contributed by atoms with Crippen LogP contribution < -0.4 is 4.90 Å². The molecule has 1 unspecified atom stereocenters. The molecule has 0 saturated carbocycles. The molecule has 1 aliphatic rings. The number of carbonyl (C=O) groups is 2. The molecule has 1 aromatic rings. The second kappa shape index (κ2) is 7.21. The minimum atomic E-state index is -3.94. The number of ether oxygens (including phenoxy) is 1. The van der Waals surface area contributed by atoms with Gasteiger partial charge in [-0.25, -0.2) is 12.7 Å². The van der Waals surface area contributed by atoms with Crippen molar-refractivity contribution >= 4 is 27.6 Å². The maximum absolute atomic E-state index is 12.6. The summed E-state index contributed by atoms with van der Waals surface area (Å²) in [6.07, 6.45) is -0.837. The SMILES string of the molecule is CCN(CC)c1ccc(S(=O)(=O)N2CC(OC(C)=O)CC2=O)cc1. The van der Waals surface area contributed by atoms with Gasteiger partial charge in [-0.2, -0.15) is 0 Å². The second-order valence-electron chi connectivity index (χ2n) is 5.53. The van der Waals surface area contributed by atoms with Crippen LogP contribution in [0.25, 0.3) is 0 Å². The van der Waals surface area contributed by atoms with Crippen molar-refractivity contribution in [2.75, 3.05) is 24.5 Å². The highest BCUT2D eigenvalue weighted by atomic mass is 32.2. The van der Waals surface area contributed by atoms with Crippen LogP contribution in [-0.4, -0.2) is 50.3 Å². The predicted octanol–water partition coefficient (Wildman–Crippen LogP) is 1.39. The predicted molar refractivity (Wildman–Crippen MR) is 89.1 cm³/mol. The van der Waals surface area contributed by atoms with Gasteiger partial charge in [-0.3, -0.25) is 9.59 Å². The van der Waals surface area contributed by atoms with Crippen molar-refractivity contribution in [3.8, 4) is 0 Å². The van der Waals surface area contributed by atoms with Gasteiger partial charge in [0.15, 0.2) is 0 Å². The lowest BCUT2D eigenvalue weighted by Gasteiger charge is -2.22. The Morgan fingerprint density at radius 3 is 2.33 bits per heavy atom. The van der Waals surface area contributed by atoms with Crippen molar-refractivity contribution in [1.82, 2.24) is 4.31 Å². The molecule has 7 nitrogen and oxygen atoms in total. The average Bonchev–Trinajstić information content (AvgIpc) is 2.89. The molecular weight excluding hydrogens is 332 g/mol. The summed E-state index contributed by atoms with van der Waals surface area (Å²) in [7, 11) is -3.94. The van der Waals surface area contributed by atoms with Gasteiger partial charge in [0.1, 0.15) is 6.10 Å². The summed E-state index contributed by atoms with van der Waals surface area (Å²) >= 11 is 0. The van der Waals surface area contributed by atoms with Crippen LogP contribution in [0.4, 0.5) is 5.69 Å². The molecule has 8 heteroatoms. The van der Waals surface area contributed by atoms with E-state index in [2.05, 4.69) is 4.90 Å². The van der Waals surface area contributed by atoms with Crippen LogP contribution in [0.5, 0.6) is 0 Å². The normalized spacial score (nSPS) is 17.9. The van der Waals surface area contributed by atoms with E-state index in [0.717, 1.165) is 23.1 Å². The van der Waals surface area contributed by atoms with Gasteiger partial charge in [0.2, 0.25) is 5.91 Å². The molecule has 0 bridgehead atoms. The average molecular weight is 354 g/mol. The number of anilines is 1. The Morgan fingerprint density at radius 1 is 1.25 bits per heavy atom. The van der Waals surface area contributed by atoms with Gasteiger partial charge < -0.3 is 9.64 Å². The van der Waals surface area contributed by atoms with E-state index >= 15 is 0 Å². The number of esters is 1. The number of amides is 1. The van der Waals surface area contributed by atoms with E-state index in [4.69, 9.17) is 4.74 Å². The lowest BCUT2D eigenvalue weighted by atomic mass is 10.3. The molecule has 1 amide bonds. The highest BCUT2D eigenvalue weighted by Crippen LogP contribution is 2.25. The molecule has 1 heterocycles. The van der Waals surface area contributed by atoms with Gasteiger partial charge in [-0.1, -0.05) is 0 Å². The van der Waals surface area contributed by atoms with E-state index in [1.165, 1.54) is 19.1 Å². The maximum atomic E-state index is 12.6. The van der Waals surface area contributed by atoms with Crippen molar-refractivity contribution in [2.24, 2.45) is 0 Å². The molecule has 0 radical (unpaired) electrons. The Labute approximate surface area is 142 Å². The van der Waals surface area contributed by atoms with Crippen LogP contribution in [0, 0.1) is 0 Å². The fourth-order valence-corrected chi connectivity index (χ4v) is 4.18. The number of rotatable bonds is 6. The molecule has 0 N–H and O–H groups in total. The van der Waals surface area contributed by atoms with Gasteiger partial charge in [0.25, 0.3) is 10.0 Å². The van der Waals surface area contributed by atoms with E-state index in [-0.39, 0.29) is 17.9 Å². The summed E-state index contributed by atoms with van der Waals surface area (Å²) in [4.78, 5) is 25.1. The number of benzene rings is 1. The summed E-state index contributed by atoms with van der Waals surface area (Å²) < 4.78 is 31.0. The zero-order valence-corrected chi connectivity index (χ0v) is 14.9. The third kappa shape index (κ3) is 3.69. The maximum Gasteiger partial charge on any atom is 0.302 e. The summed E-state index contributed by atoms with van der Waals surface area (Å²) in [6, 6.07) is 6.44. The van der Waals surface area contributed by atoms with E-state index in [1.807, 2.05) is 13.8 Å². The molecule has 2 rings (SSSR count). The molecule has 1 saturated heterocycles. The lowest BCUT2D eigenvalue weighted by Crippen LogP contribution is -2.33. The van der Waals surface area contributed by atoms with Crippen molar-refractivity contribution in [1.29, 1.82) is 0 Å². The Kier molecular flexibility index (Phi) is 5.48. The summed E-state index contributed by atoms with van der Waals surface area (Å²) in [5.74, 6) is -1.09. The molecule has 0 aromatic heterocycles. The number of sulfonamides is 1. The Bertz CT molecular complexity index is 710. The molecule has 24 heavy (non-hydrogen) atoms.